The molecule has 80 valence electrons. The van der Waals surface area contributed by atoms with Gasteiger partial charge >= 0.3 is 0 Å². The van der Waals surface area contributed by atoms with Crippen molar-refractivity contribution in [2.75, 3.05) is 4.90 Å². The highest BCUT2D eigenvalue weighted by atomic mass is 32.1. The molecular weight excluding hydrogens is 220 g/mol. The smallest absolute Gasteiger partial charge is 0.186 e. The maximum Gasteiger partial charge on any atom is 0.186 e. The number of aldehydes is 1. The van der Waals surface area contributed by atoms with Gasteiger partial charge in [-0.25, -0.2) is 4.98 Å². The normalized spacial score (nSPS) is 13.9. The molecular formula is C12H10N2OS. The van der Waals surface area contributed by atoms with Gasteiger partial charge in [0.05, 0.1) is 11.1 Å². The van der Waals surface area contributed by atoms with Gasteiger partial charge in [-0.2, -0.15) is 0 Å². The van der Waals surface area contributed by atoms with Crippen LogP contribution in [0.2, 0.25) is 0 Å². The van der Waals surface area contributed by atoms with E-state index in [0.717, 1.165) is 24.5 Å². The number of benzene rings is 1. The molecule has 0 aliphatic carbocycles. The molecule has 3 rings (SSSR count). The number of carbonyl (C=O) groups is 1. The van der Waals surface area contributed by atoms with Gasteiger partial charge in [0.15, 0.2) is 11.4 Å². The average Bonchev–Trinajstić information content (AvgIpc) is 2.95. The third kappa shape index (κ3) is 1.51. The van der Waals surface area contributed by atoms with Gasteiger partial charge in [0.25, 0.3) is 0 Å². The minimum absolute atomic E-state index is 0.686. The van der Waals surface area contributed by atoms with Crippen molar-refractivity contribution in [3.63, 3.8) is 0 Å². The van der Waals surface area contributed by atoms with Crippen molar-refractivity contribution in [1.29, 1.82) is 0 Å². The number of hydrogen-bond acceptors (Lipinski definition) is 4. The van der Waals surface area contributed by atoms with Gasteiger partial charge in [-0.3, -0.25) is 4.79 Å². The van der Waals surface area contributed by atoms with Crippen molar-refractivity contribution in [2.24, 2.45) is 0 Å². The number of aromatic nitrogens is 1. The predicted octanol–water partition coefficient (Wildman–Crippen LogP) is 2.48. The largest absolute Gasteiger partial charge is 0.339 e. The second-order valence-electron chi connectivity index (χ2n) is 3.79. The maximum absolute atomic E-state index is 10.6. The summed E-state index contributed by atoms with van der Waals surface area (Å²) in [6.07, 6.45) is 2.49. The molecule has 2 heterocycles. The lowest BCUT2D eigenvalue weighted by atomic mass is 10.1. The quantitative estimate of drug-likeness (QED) is 0.743. The summed E-state index contributed by atoms with van der Waals surface area (Å²) >= 11 is 1.45. The van der Waals surface area contributed by atoms with E-state index < -0.39 is 0 Å². The molecule has 16 heavy (non-hydrogen) atoms. The van der Waals surface area contributed by atoms with Gasteiger partial charge in [0.1, 0.15) is 0 Å². The monoisotopic (exact) mass is 230 g/mol. The molecule has 0 radical (unpaired) electrons. The number of hydrogen-bond donors (Lipinski definition) is 0. The fourth-order valence-electron chi connectivity index (χ4n) is 1.95. The minimum Gasteiger partial charge on any atom is -0.339 e. The summed E-state index contributed by atoms with van der Waals surface area (Å²) < 4.78 is 0. The second kappa shape index (κ2) is 3.72. The Balaban J connectivity index is 1.88. The van der Waals surface area contributed by atoms with Crippen LogP contribution in [0.25, 0.3) is 0 Å². The van der Waals surface area contributed by atoms with Crippen molar-refractivity contribution < 1.29 is 4.79 Å². The van der Waals surface area contributed by atoms with Crippen molar-refractivity contribution in [3.05, 3.63) is 46.5 Å². The standard InChI is InChI=1S/C12H10N2OS/c15-8-11-5-13-12(16-11)14-6-9-3-1-2-4-10(9)7-14/h1-5,8H,6-7H2. The number of carbonyl (C=O) groups excluding carboxylic acids is 1. The van der Waals surface area contributed by atoms with E-state index in [2.05, 4.69) is 34.1 Å². The summed E-state index contributed by atoms with van der Waals surface area (Å²) in [7, 11) is 0. The van der Waals surface area contributed by atoms with Crippen LogP contribution in [0.3, 0.4) is 0 Å². The highest BCUT2D eigenvalue weighted by molar-refractivity contribution is 7.17. The average molecular weight is 230 g/mol. The molecule has 1 aliphatic rings. The topological polar surface area (TPSA) is 33.2 Å². The van der Waals surface area contributed by atoms with Crippen LogP contribution in [0.15, 0.2) is 30.5 Å². The second-order valence-corrected chi connectivity index (χ2v) is 4.83. The first kappa shape index (κ1) is 9.54. The van der Waals surface area contributed by atoms with E-state index in [1.807, 2.05) is 0 Å². The van der Waals surface area contributed by atoms with E-state index in [1.54, 1.807) is 6.20 Å². The fourth-order valence-corrected chi connectivity index (χ4v) is 2.67. The molecule has 1 aromatic carbocycles. The Morgan fingerprint density at radius 2 is 1.94 bits per heavy atom. The number of anilines is 1. The van der Waals surface area contributed by atoms with Crippen molar-refractivity contribution >= 4 is 22.8 Å². The van der Waals surface area contributed by atoms with Gasteiger partial charge in [-0.15, -0.1) is 0 Å². The van der Waals surface area contributed by atoms with Crippen LogP contribution in [0.1, 0.15) is 20.8 Å². The lowest BCUT2D eigenvalue weighted by molar-refractivity contribution is 0.112. The molecule has 0 saturated heterocycles. The van der Waals surface area contributed by atoms with Gasteiger partial charge in [0, 0.05) is 13.1 Å². The first-order valence-corrected chi connectivity index (χ1v) is 5.91. The third-order valence-corrected chi connectivity index (χ3v) is 3.72. The Labute approximate surface area is 97.4 Å². The zero-order valence-electron chi connectivity index (χ0n) is 8.59. The number of thiazole rings is 1. The molecule has 4 heteroatoms. The molecule has 1 aliphatic heterocycles. The molecule has 0 atom stereocenters. The molecule has 1 aromatic heterocycles. The van der Waals surface area contributed by atoms with Gasteiger partial charge in [-0.05, 0) is 11.1 Å². The molecule has 2 aromatic rings. The van der Waals surface area contributed by atoms with Crippen LogP contribution in [0.5, 0.6) is 0 Å². The van der Waals surface area contributed by atoms with Crippen LogP contribution in [0, 0.1) is 0 Å². The summed E-state index contributed by atoms with van der Waals surface area (Å²) in [5, 5.41) is 0.929. The molecule has 0 saturated carbocycles. The minimum atomic E-state index is 0.686. The van der Waals surface area contributed by atoms with E-state index >= 15 is 0 Å². The van der Waals surface area contributed by atoms with E-state index in [1.165, 1.54) is 22.5 Å². The molecule has 0 spiro atoms. The first-order valence-electron chi connectivity index (χ1n) is 5.09. The SMILES string of the molecule is O=Cc1cnc(N2Cc3ccccc3C2)s1. The number of fused-ring (bicyclic) bond motifs is 1. The third-order valence-electron chi connectivity index (χ3n) is 2.74. The Morgan fingerprint density at radius 3 is 2.50 bits per heavy atom. The van der Waals surface area contributed by atoms with Gasteiger partial charge < -0.3 is 4.90 Å². The van der Waals surface area contributed by atoms with Crippen LogP contribution in [-0.4, -0.2) is 11.3 Å². The maximum atomic E-state index is 10.6. The molecule has 0 fully saturated rings. The van der Waals surface area contributed by atoms with Crippen molar-refractivity contribution in [1.82, 2.24) is 4.98 Å². The molecule has 0 N–H and O–H groups in total. The van der Waals surface area contributed by atoms with Crippen molar-refractivity contribution in [3.8, 4) is 0 Å². The van der Waals surface area contributed by atoms with Crippen molar-refractivity contribution in [2.45, 2.75) is 13.1 Å². The zero-order valence-corrected chi connectivity index (χ0v) is 9.41. The predicted molar refractivity (Wildman–Crippen MR) is 63.8 cm³/mol. The van der Waals surface area contributed by atoms with E-state index in [9.17, 15) is 4.79 Å². The summed E-state index contributed by atoms with van der Waals surface area (Å²) in [6.45, 7) is 1.78. The number of rotatable bonds is 2. The lowest BCUT2D eigenvalue weighted by Crippen LogP contribution is -2.13. The van der Waals surface area contributed by atoms with E-state index in [4.69, 9.17) is 0 Å². The highest BCUT2D eigenvalue weighted by Crippen LogP contribution is 2.30. The van der Waals surface area contributed by atoms with Gasteiger partial charge in [-0.1, -0.05) is 35.6 Å². The molecule has 0 bridgehead atoms. The first-order chi connectivity index (χ1) is 7.86. The summed E-state index contributed by atoms with van der Waals surface area (Å²) in [4.78, 5) is 17.8. The Kier molecular flexibility index (Phi) is 2.22. The highest BCUT2D eigenvalue weighted by Gasteiger charge is 2.20. The van der Waals surface area contributed by atoms with E-state index in [-0.39, 0.29) is 0 Å². The molecule has 3 nitrogen and oxygen atoms in total. The Bertz CT molecular complexity index is 510. The van der Waals surface area contributed by atoms with Crippen LogP contribution in [-0.2, 0) is 13.1 Å². The molecule has 0 unspecified atom stereocenters. The summed E-state index contributed by atoms with van der Waals surface area (Å²) in [6, 6.07) is 8.40. The lowest BCUT2D eigenvalue weighted by Gasteiger charge is -2.12. The Morgan fingerprint density at radius 1 is 1.25 bits per heavy atom. The van der Waals surface area contributed by atoms with Crippen LogP contribution < -0.4 is 4.90 Å². The Hall–Kier alpha value is -1.68. The van der Waals surface area contributed by atoms with Crippen LogP contribution >= 0.6 is 11.3 Å². The zero-order chi connectivity index (χ0) is 11.0. The van der Waals surface area contributed by atoms with E-state index in [0.29, 0.717) is 4.88 Å². The summed E-state index contributed by atoms with van der Waals surface area (Å²) in [5.74, 6) is 0. The fraction of sp³-hybridized carbons (Fsp3) is 0.167. The van der Waals surface area contributed by atoms with Gasteiger partial charge in [0.2, 0.25) is 0 Å². The van der Waals surface area contributed by atoms with Crippen LogP contribution in [0.4, 0.5) is 5.13 Å². The number of nitrogens with zero attached hydrogens (tertiary/aromatic N) is 2. The molecule has 0 amide bonds. The summed E-state index contributed by atoms with van der Waals surface area (Å²) in [5.41, 5.74) is 2.70.